The van der Waals surface area contributed by atoms with Gasteiger partial charge in [0.05, 0.1) is 24.4 Å². The standard InChI is InChI=1S/C16H14N4O3S/c1-23-14-5-2-9(6-13(14)21)8-17-20-15(22)10-3-4-11-12(7-10)19-16(24)18-11/h2-8,21H,1H3,(H,20,22)(H2,18,19,24)/b17-8-. The Morgan fingerprint density at radius 3 is 2.79 bits per heavy atom. The van der Waals surface area contributed by atoms with Gasteiger partial charge in [0.15, 0.2) is 16.3 Å². The zero-order valence-electron chi connectivity index (χ0n) is 12.7. The molecule has 3 aromatic rings. The van der Waals surface area contributed by atoms with Crippen molar-refractivity contribution in [3.05, 3.63) is 52.3 Å². The van der Waals surface area contributed by atoms with Crippen molar-refractivity contribution < 1.29 is 14.6 Å². The number of fused-ring (bicyclic) bond motifs is 1. The van der Waals surface area contributed by atoms with Crippen LogP contribution in [0, 0.1) is 4.77 Å². The molecule has 0 fully saturated rings. The maximum absolute atomic E-state index is 12.1. The third kappa shape index (κ3) is 3.28. The van der Waals surface area contributed by atoms with Gasteiger partial charge in [0.25, 0.3) is 5.91 Å². The first-order valence-electron chi connectivity index (χ1n) is 6.99. The average molecular weight is 342 g/mol. The fraction of sp³-hybridized carbons (Fsp3) is 0.0625. The van der Waals surface area contributed by atoms with Crippen LogP contribution in [0.3, 0.4) is 0 Å². The van der Waals surface area contributed by atoms with Crippen molar-refractivity contribution in [2.75, 3.05) is 7.11 Å². The number of carbonyl (C=O) groups is 1. The van der Waals surface area contributed by atoms with E-state index in [1.807, 2.05) is 0 Å². The lowest BCUT2D eigenvalue weighted by Gasteiger charge is -2.03. The molecule has 0 aliphatic carbocycles. The second-order valence-electron chi connectivity index (χ2n) is 4.97. The zero-order valence-corrected chi connectivity index (χ0v) is 13.5. The highest BCUT2D eigenvalue weighted by molar-refractivity contribution is 7.71. The molecule has 0 unspecified atom stereocenters. The number of aromatic amines is 2. The van der Waals surface area contributed by atoms with Crippen molar-refractivity contribution in [1.82, 2.24) is 15.4 Å². The number of aromatic hydroxyl groups is 1. The zero-order chi connectivity index (χ0) is 17.1. The number of imidazole rings is 1. The number of nitrogens with one attached hydrogen (secondary N) is 3. The van der Waals surface area contributed by atoms with Gasteiger partial charge in [-0.15, -0.1) is 0 Å². The number of H-pyrrole nitrogens is 2. The second-order valence-corrected chi connectivity index (χ2v) is 5.38. The Morgan fingerprint density at radius 1 is 1.25 bits per heavy atom. The number of hydrazone groups is 1. The summed E-state index contributed by atoms with van der Waals surface area (Å²) in [5, 5.41) is 13.6. The third-order valence-electron chi connectivity index (χ3n) is 3.36. The minimum absolute atomic E-state index is 0.000872. The molecule has 4 N–H and O–H groups in total. The molecule has 0 saturated carbocycles. The summed E-state index contributed by atoms with van der Waals surface area (Å²) in [6.07, 6.45) is 1.43. The van der Waals surface area contributed by atoms with Crippen molar-refractivity contribution in [2.24, 2.45) is 5.10 Å². The number of hydrogen-bond donors (Lipinski definition) is 4. The summed E-state index contributed by atoms with van der Waals surface area (Å²) in [6.45, 7) is 0. The van der Waals surface area contributed by atoms with E-state index in [9.17, 15) is 9.90 Å². The molecule has 0 saturated heterocycles. The molecule has 1 heterocycles. The Morgan fingerprint density at radius 2 is 2.04 bits per heavy atom. The van der Waals surface area contributed by atoms with Gasteiger partial charge in [0.1, 0.15) is 0 Å². The van der Waals surface area contributed by atoms with E-state index in [0.29, 0.717) is 21.6 Å². The monoisotopic (exact) mass is 342 g/mol. The Kier molecular flexibility index (Phi) is 4.30. The van der Waals surface area contributed by atoms with Crippen LogP contribution in [0.4, 0.5) is 0 Å². The van der Waals surface area contributed by atoms with Gasteiger partial charge < -0.3 is 19.8 Å². The fourth-order valence-electron chi connectivity index (χ4n) is 2.19. The minimum atomic E-state index is -0.355. The molecular weight excluding hydrogens is 328 g/mol. The molecule has 0 spiro atoms. The van der Waals surface area contributed by atoms with Crippen LogP contribution in [-0.4, -0.2) is 34.3 Å². The summed E-state index contributed by atoms with van der Waals surface area (Å²) < 4.78 is 5.46. The summed E-state index contributed by atoms with van der Waals surface area (Å²) in [5.41, 5.74) is 5.08. The fourth-order valence-corrected chi connectivity index (χ4v) is 2.41. The van der Waals surface area contributed by atoms with Crippen molar-refractivity contribution >= 4 is 35.4 Å². The van der Waals surface area contributed by atoms with Crippen molar-refractivity contribution in [2.45, 2.75) is 0 Å². The number of ether oxygens (including phenoxy) is 1. The maximum atomic E-state index is 12.1. The molecule has 7 nitrogen and oxygen atoms in total. The summed E-state index contributed by atoms with van der Waals surface area (Å²) in [7, 11) is 1.47. The number of aromatic nitrogens is 2. The number of benzene rings is 2. The largest absolute Gasteiger partial charge is 0.504 e. The van der Waals surface area contributed by atoms with Crippen LogP contribution >= 0.6 is 12.2 Å². The molecule has 8 heteroatoms. The van der Waals surface area contributed by atoms with Gasteiger partial charge in [-0.25, -0.2) is 5.43 Å². The van der Waals surface area contributed by atoms with Crippen molar-refractivity contribution in [1.29, 1.82) is 0 Å². The van der Waals surface area contributed by atoms with Gasteiger partial charge in [-0.05, 0) is 54.2 Å². The van der Waals surface area contributed by atoms with Gasteiger partial charge in [-0.2, -0.15) is 5.10 Å². The Bertz CT molecular complexity index is 990. The lowest BCUT2D eigenvalue weighted by atomic mass is 10.2. The third-order valence-corrected chi connectivity index (χ3v) is 3.56. The first-order chi connectivity index (χ1) is 11.6. The van der Waals surface area contributed by atoms with E-state index < -0.39 is 0 Å². The van der Waals surface area contributed by atoms with E-state index in [1.165, 1.54) is 19.4 Å². The number of phenolic OH excluding ortho intramolecular Hbond substituents is 1. The predicted molar refractivity (Wildman–Crippen MR) is 93.2 cm³/mol. The van der Waals surface area contributed by atoms with E-state index in [-0.39, 0.29) is 11.7 Å². The molecule has 0 atom stereocenters. The number of amides is 1. The lowest BCUT2D eigenvalue weighted by molar-refractivity contribution is 0.0955. The van der Waals surface area contributed by atoms with E-state index in [1.54, 1.807) is 30.3 Å². The quantitative estimate of drug-likeness (QED) is 0.332. The van der Waals surface area contributed by atoms with Crippen molar-refractivity contribution in [3.63, 3.8) is 0 Å². The van der Waals surface area contributed by atoms with Crippen LogP contribution in [0.2, 0.25) is 0 Å². The molecule has 24 heavy (non-hydrogen) atoms. The number of carbonyl (C=O) groups excluding carboxylic acids is 1. The smallest absolute Gasteiger partial charge is 0.271 e. The number of hydrogen-bond acceptors (Lipinski definition) is 5. The van der Waals surface area contributed by atoms with E-state index in [2.05, 4.69) is 20.5 Å². The summed E-state index contributed by atoms with van der Waals surface area (Å²) in [5.74, 6) is 0.0145. The molecule has 0 aliphatic heterocycles. The number of methoxy groups -OCH3 is 1. The molecular formula is C16H14N4O3S. The van der Waals surface area contributed by atoms with Crippen LogP contribution in [0.1, 0.15) is 15.9 Å². The van der Waals surface area contributed by atoms with E-state index in [0.717, 1.165) is 11.0 Å². The van der Waals surface area contributed by atoms with Crippen LogP contribution in [-0.2, 0) is 0 Å². The first-order valence-corrected chi connectivity index (χ1v) is 7.40. The summed E-state index contributed by atoms with van der Waals surface area (Å²) in [4.78, 5) is 18.0. The number of phenols is 1. The minimum Gasteiger partial charge on any atom is -0.504 e. The van der Waals surface area contributed by atoms with Crippen LogP contribution in [0.15, 0.2) is 41.5 Å². The summed E-state index contributed by atoms with van der Waals surface area (Å²) in [6, 6.07) is 9.93. The molecule has 0 radical (unpaired) electrons. The highest BCUT2D eigenvalue weighted by atomic mass is 32.1. The predicted octanol–water partition coefficient (Wildman–Crippen LogP) is 2.70. The Labute approximate surface area is 142 Å². The van der Waals surface area contributed by atoms with Gasteiger partial charge in [0.2, 0.25) is 0 Å². The highest BCUT2D eigenvalue weighted by Crippen LogP contribution is 2.25. The Hall–Kier alpha value is -3.13. The Balaban J connectivity index is 1.71. The highest BCUT2D eigenvalue weighted by Gasteiger charge is 2.06. The first kappa shape index (κ1) is 15.8. The molecule has 2 aromatic carbocycles. The van der Waals surface area contributed by atoms with Gasteiger partial charge >= 0.3 is 0 Å². The average Bonchev–Trinajstić information content (AvgIpc) is 2.94. The SMILES string of the molecule is COc1ccc(/C=N\NC(=O)c2ccc3[nH]c(=S)[nH]c3c2)cc1O. The maximum Gasteiger partial charge on any atom is 0.271 e. The van der Waals surface area contributed by atoms with Crippen LogP contribution in [0.25, 0.3) is 11.0 Å². The normalized spacial score (nSPS) is 11.0. The van der Waals surface area contributed by atoms with Gasteiger partial charge in [0, 0.05) is 5.56 Å². The number of nitrogens with zero attached hydrogens (tertiary/aromatic N) is 1. The summed E-state index contributed by atoms with van der Waals surface area (Å²) >= 11 is 5.01. The van der Waals surface area contributed by atoms with Crippen LogP contribution < -0.4 is 10.2 Å². The second kappa shape index (κ2) is 6.55. The van der Waals surface area contributed by atoms with Gasteiger partial charge in [-0.1, -0.05) is 0 Å². The van der Waals surface area contributed by atoms with Crippen molar-refractivity contribution in [3.8, 4) is 11.5 Å². The number of rotatable bonds is 4. The molecule has 122 valence electrons. The van der Waals surface area contributed by atoms with E-state index >= 15 is 0 Å². The van der Waals surface area contributed by atoms with Crippen LogP contribution in [0.5, 0.6) is 11.5 Å². The van der Waals surface area contributed by atoms with E-state index in [4.69, 9.17) is 17.0 Å². The topological polar surface area (TPSA) is 102 Å². The molecule has 0 bridgehead atoms. The molecule has 0 aliphatic rings. The molecule has 3 rings (SSSR count). The lowest BCUT2D eigenvalue weighted by Crippen LogP contribution is -2.17. The molecule has 1 amide bonds. The van der Waals surface area contributed by atoms with Gasteiger partial charge in [-0.3, -0.25) is 4.79 Å². The molecule has 1 aromatic heterocycles.